The van der Waals surface area contributed by atoms with E-state index in [-0.39, 0.29) is 6.04 Å². The van der Waals surface area contributed by atoms with Gasteiger partial charge in [-0.15, -0.1) is 0 Å². The van der Waals surface area contributed by atoms with Crippen LogP contribution in [0.1, 0.15) is 11.6 Å². The predicted octanol–water partition coefficient (Wildman–Crippen LogP) is 1.97. The first-order chi connectivity index (χ1) is 11.4. The second-order valence-electron chi connectivity index (χ2n) is 5.39. The van der Waals surface area contributed by atoms with E-state index in [1.807, 2.05) is 18.2 Å². The van der Waals surface area contributed by atoms with Crippen molar-refractivity contribution in [1.82, 2.24) is 14.9 Å². The van der Waals surface area contributed by atoms with Gasteiger partial charge in [0.25, 0.3) is 0 Å². The SMILES string of the molecule is COc1ccc(C(CNc2ncccn2)N2CCOCC2)cc1. The lowest BCUT2D eigenvalue weighted by Crippen LogP contribution is -2.41. The Labute approximate surface area is 136 Å². The number of aromatic nitrogens is 2. The van der Waals surface area contributed by atoms with Gasteiger partial charge < -0.3 is 14.8 Å². The van der Waals surface area contributed by atoms with E-state index in [4.69, 9.17) is 9.47 Å². The van der Waals surface area contributed by atoms with Crippen LogP contribution in [-0.4, -0.2) is 54.8 Å². The summed E-state index contributed by atoms with van der Waals surface area (Å²) in [6.45, 7) is 4.14. The zero-order valence-corrected chi connectivity index (χ0v) is 13.3. The van der Waals surface area contributed by atoms with Gasteiger partial charge in [0, 0.05) is 32.0 Å². The minimum Gasteiger partial charge on any atom is -0.497 e. The number of hydrogen-bond donors (Lipinski definition) is 1. The Morgan fingerprint density at radius 1 is 1.17 bits per heavy atom. The Morgan fingerprint density at radius 2 is 1.87 bits per heavy atom. The molecule has 0 bridgehead atoms. The molecule has 6 heteroatoms. The fourth-order valence-electron chi connectivity index (χ4n) is 2.75. The Hall–Kier alpha value is -2.18. The summed E-state index contributed by atoms with van der Waals surface area (Å²) in [7, 11) is 1.68. The lowest BCUT2D eigenvalue weighted by Gasteiger charge is -2.35. The van der Waals surface area contributed by atoms with Crippen molar-refractivity contribution in [2.75, 3.05) is 45.3 Å². The highest BCUT2D eigenvalue weighted by molar-refractivity contribution is 5.31. The van der Waals surface area contributed by atoms with Gasteiger partial charge in [-0.2, -0.15) is 0 Å². The molecule has 1 aromatic carbocycles. The molecule has 122 valence electrons. The average Bonchev–Trinajstić information content (AvgIpc) is 2.64. The third kappa shape index (κ3) is 4.18. The number of benzene rings is 1. The molecule has 1 saturated heterocycles. The number of ether oxygens (including phenoxy) is 2. The number of nitrogens with one attached hydrogen (secondary N) is 1. The maximum atomic E-state index is 5.48. The van der Waals surface area contributed by atoms with Crippen LogP contribution in [0, 0.1) is 0 Å². The van der Waals surface area contributed by atoms with Crippen LogP contribution in [0.25, 0.3) is 0 Å². The number of anilines is 1. The van der Waals surface area contributed by atoms with Crippen LogP contribution in [0.15, 0.2) is 42.7 Å². The minimum atomic E-state index is 0.244. The third-order valence-electron chi connectivity index (χ3n) is 4.01. The highest BCUT2D eigenvalue weighted by Crippen LogP contribution is 2.24. The van der Waals surface area contributed by atoms with Crippen molar-refractivity contribution >= 4 is 5.95 Å². The van der Waals surface area contributed by atoms with Gasteiger partial charge in [0.05, 0.1) is 26.4 Å². The Morgan fingerprint density at radius 3 is 2.52 bits per heavy atom. The topological polar surface area (TPSA) is 59.5 Å². The molecule has 1 N–H and O–H groups in total. The standard InChI is InChI=1S/C17H22N4O2/c1-22-15-5-3-14(4-6-15)16(21-9-11-23-12-10-21)13-20-17-18-7-2-8-19-17/h2-8,16H,9-13H2,1H3,(H,18,19,20). The summed E-state index contributed by atoms with van der Waals surface area (Å²) in [6.07, 6.45) is 3.49. The van der Waals surface area contributed by atoms with Gasteiger partial charge in [-0.1, -0.05) is 12.1 Å². The second-order valence-corrected chi connectivity index (χ2v) is 5.39. The van der Waals surface area contributed by atoms with Crippen molar-refractivity contribution in [2.45, 2.75) is 6.04 Å². The van der Waals surface area contributed by atoms with E-state index in [1.165, 1.54) is 5.56 Å². The zero-order valence-electron chi connectivity index (χ0n) is 13.3. The van der Waals surface area contributed by atoms with Gasteiger partial charge in [0.2, 0.25) is 5.95 Å². The van der Waals surface area contributed by atoms with Gasteiger partial charge in [-0.05, 0) is 23.8 Å². The third-order valence-corrected chi connectivity index (χ3v) is 4.01. The van der Waals surface area contributed by atoms with E-state index in [9.17, 15) is 0 Å². The zero-order chi connectivity index (χ0) is 15.9. The molecule has 2 aromatic rings. The van der Waals surface area contributed by atoms with Gasteiger partial charge >= 0.3 is 0 Å². The molecule has 1 unspecified atom stereocenters. The van der Waals surface area contributed by atoms with Gasteiger partial charge in [0.15, 0.2) is 0 Å². The number of hydrogen-bond acceptors (Lipinski definition) is 6. The molecule has 1 aromatic heterocycles. The average molecular weight is 314 g/mol. The first-order valence-corrected chi connectivity index (χ1v) is 7.83. The highest BCUT2D eigenvalue weighted by Gasteiger charge is 2.22. The summed E-state index contributed by atoms with van der Waals surface area (Å²) in [4.78, 5) is 10.9. The smallest absolute Gasteiger partial charge is 0.222 e. The summed E-state index contributed by atoms with van der Waals surface area (Å²) in [5.74, 6) is 1.52. The van der Waals surface area contributed by atoms with Crippen LogP contribution in [0.5, 0.6) is 5.75 Å². The Balaban J connectivity index is 1.74. The van der Waals surface area contributed by atoms with Crippen molar-refractivity contribution in [1.29, 1.82) is 0 Å². The number of methoxy groups -OCH3 is 1. The lowest BCUT2D eigenvalue weighted by molar-refractivity contribution is 0.0187. The monoisotopic (exact) mass is 314 g/mol. The van der Waals surface area contributed by atoms with E-state index in [1.54, 1.807) is 19.5 Å². The molecular weight excluding hydrogens is 292 g/mol. The summed E-state index contributed by atoms with van der Waals surface area (Å²) < 4.78 is 10.7. The van der Waals surface area contributed by atoms with Gasteiger partial charge in [-0.3, -0.25) is 4.90 Å². The van der Waals surface area contributed by atoms with Gasteiger partial charge in [-0.25, -0.2) is 9.97 Å². The number of nitrogens with zero attached hydrogens (tertiary/aromatic N) is 3. The molecule has 2 heterocycles. The lowest BCUT2D eigenvalue weighted by atomic mass is 10.0. The van der Waals surface area contributed by atoms with E-state index in [0.717, 1.165) is 38.6 Å². The summed E-state index contributed by atoms with van der Waals surface area (Å²) in [5.41, 5.74) is 1.25. The Kier molecular flexibility index (Phi) is 5.39. The van der Waals surface area contributed by atoms with Gasteiger partial charge in [0.1, 0.15) is 5.75 Å². The van der Waals surface area contributed by atoms with Crippen molar-refractivity contribution in [2.24, 2.45) is 0 Å². The molecule has 1 fully saturated rings. The molecule has 6 nitrogen and oxygen atoms in total. The van der Waals surface area contributed by atoms with E-state index in [2.05, 4.69) is 32.3 Å². The first-order valence-electron chi connectivity index (χ1n) is 7.83. The summed E-state index contributed by atoms with van der Waals surface area (Å²) in [6, 6.07) is 10.3. The van der Waals surface area contributed by atoms with Crippen LogP contribution in [-0.2, 0) is 4.74 Å². The van der Waals surface area contributed by atoms with E-state index in [0.29, 0.717) is 5.95 Å². The van der Waals surface area contributed by atoms with Crippen LogP contribution in [0.4, 0.5) is 5.95 Å². The predicted molar refractivity (Wildman–Crippen MR) is 88.6 cm³/mol. The second kappa shape index (κ2) is 7.89. The van der Waals surface area contributed by atoms with Crippen molar-refractivity contribution in [3.05, 3.63) is 48.3 Å². The van der Waals surface area contributed by atoms with E-state index < -0.39 is 0 Å². The molecule has 1 aliphatic rings. The van der Waals surface area contributed by atoms with Crippen LogP contribution >= 0.6 is 0 Å². The molecule has 0 amide bonds. The fraction of sp³-hybridized carbons (Fsp3) is 0.412. The van der Waals surface area contributed by atoms with Crippen molar-refractivity contribution < 1.29 is 9.47 Å². The van der Waals surface area contributed by atoms with Crippen LogP contribution in [0.3, 0.4) is 0 Å². The quantitative estimate of drug-likeness (QED) is 0.880. The molecule has 1 aliphatic heterocycles. The number of rotatable bonds is 6. The molecule has 23 heavy (non-hydrogen) atoms. The van der Waals surface area contributed by atoms with E-state index >= 15 is 0 Å². The maximum Gasteiger partial charge on any atom is 0.222 e. The minimum absolute atomic E-state index is 0.244. The molecule has 0 radical (unpaired) electrons. The molecule has 0 saturated carbocycles. The molecule has 1 atom stereocenters. The normalized spacial score (nSPS) is 16.7. The molecule has 3 rings (SSSR count). The first kappa shape index (κ1) is 15.7. The molecule has 0 spiro atoms. The van der Waals surface area contributed by atoms with Crippen LogP contribution in [0.2, 0.25) is 0 Å². The Bertz CT molecular complexity index is 585. The highest BCUT2D eigenvalue weighted by atomic mass is 16.5. The largest absolute Gasteiger partial charge is 0.497 e. The van der Waals surface area contributed by atoms with Crippen LogP contribution < -0.4 is 10.1 Å². The summed E-state index contributed by atoms with van der Waals surface area (Å²) in [5, 5.41) is 3.33. The maximum absolute atomic E-state index is 5.48. The van der Waals surface area contributed by atoms with Crippen molar-refractivity contribution in [3.8, 4) is 5.75 Å². The molecular formula is C17H22N4O2. The fourth-order valence-corrected chi connectivity index (χ4v) is 2.75. The number of morpholine rings is 1. The summed E-state index contributed by atoms with van der Waals surface area (Å²) >= 11 is 0. The molecule has 0 aliphatic carbocycles. The van der Waals surface area contributed by atoms with Crippen molar-refractivity contribution in [3.63, 3.8) is 0 Å².